The number of carbonyl (C=O) groups excluding carboxylic acids is 1. The zero-order chi connectivity index (χ0) is 16.6. The van der Waals surface area contributed by atoms with Crippen LogP contribution >= 0.6 is 11.8 Å². The normalized spacial score (nSPS) is 16.2. The highest BCUT2D eigenvalue weighted by Crippen LogP contribution is 2.37. The van der Waals surface area contributed by atoms with Crippen LogP contribution in [-0.2, 0) is 11.3 Å². The molecule has 0 radical (unpaired) electrons. The maximum absolute atomic E-state index is 12.9. The second-order valence-corrected chi connectivity index (χ2v) is 6.34. The van der Waals surface area contributed by atoms with Gasteiger partial charge < -0.3 is 14.4 Å². The van der Waals surface area contributed by atoms with Crippen molar-refractivity contribution in [2.45, 2.75) is 30.9 Å². The molecular weight excluding hydrogens is 314 g/mol. The number of aryl methyl sites for hydroxylation is 1. The Labute approximate surface area is 138 Å². The summed E-state index contributed by atoms with van der Waals surface area (Å²) in [7, 11) is 0. The Hall–Kier alpha value is -2.21. The molecule has 3 rings (SSSR count). The van der Waals surface area contributed by atoms with E-state index in [1.807, 2.05) is 48.1 Å². The summed E-state index contributed by atoms with van der Waals surface area (Å²) >= 11 is 1.48. The lowest BCUT2D eigenvalue weighted by atomic mass is 10.1. The smallest absolute Gasteiger partial charge is 0.450 e. The molecule has 1 aliphatic heterocycles. The Morgan fingerprint density at radius 3 is 2.61 bits per heavy atom. The number of ketones is 1. The average molecular weight is 331 g/mol. The van der Waals surface area contributed by atoms with Crippen LogP contribution in [0.25, 0.3) is 0 Å². The summed E-state index contributed by atoms with van der Waals surface area (Å²) in [6, 6.07) is 9.34. The largest absolute Gasteiger partial charge is 0.506 e. The number of aromatic nitrogens is 1. The third-order valence-corrected chi connectivity index (χ3v) is 4.78. The quantitative estimate of drug-likeness (QED) is 0.523. The van der Waals surface area contributed by atoms with Gasteiger partial charge in [-0.3, -0.25) is 4.79 Å². The number of rotatable bonds is 4. The van der Waals surface area contributed by atoms with E-state index in [1.54, 1.807) is 0 Å². The molecule has 2 aromatic rings. The number of ether oxygens (including phenoxy) is 1. The highest BCUT2D eigenvalue weighted by atomic mass is 32.2. The fraction of sp³-hybridized carbons (Fsp3) is 0.294. The van der Waals surface area contributed by atoms with Crippen LogP contribution in [0.1, 0.15) is 39.8 Å². The highest BCUT2D eigenvalue weighted by Gasteiger charge is 2.32. The number of carbonyl (C=O) groups is 2. The molecule has 0 amide bonds. The first-order valence-electron chi connectivity index (χ1n) is 7.29. The number of carboxylic acid groups (broad SMARTS) is 1. The van der Waals surface area contributed by atoms with Gasteiger partial charge in [0.05, 0.1) is 5.69 Å². The molecule has 2 heterocycles. The summed E-state index contributed by atoms with van der Waals surface area (Å²) in [5, 5.41) is 8.84. The van der Waals surface area contributed by atoms with Gasteiger partial charge in [-0.1, -0.05) is 29.8 Å². The third kappa shape index (κ3) is 2.86. The van der Waals surface area contributed by atoms with Gasteiger partial charge in [-0.2, -0.15) is 0 Å². The molecule has 0 bridgehead atoms. The van der Waals surface area contributed by atoms with Crippen molar-refractivity contribution < 1.29 is 19.4 Å². The maximum atomic E-state index is 12.9. The van der Waals surface area contributed by atoms with Gasteiger partial charge >= 0.3 is 6.16 Å². The van der Waals surface area contributed by atoms with Crippen molar-refractivity contribution in [3.8, 4) is 0 Å². The average Bonchev–Trinajstić information content (AvgIpc) is 3.06. The molecule has 1 atom stereocenters. The number of hydrogen-bond acceptors (Lipinski definition) is 4. The molecule has 0 saturated carbocycles. The molecule has 6 heteroatoms. The molecule has 0 fully saturated rings. The van der Waals surface area contributed by atoms with E-state index in [9.17, 15) is 9.59 Å². The predicted molar refractivity (Wildman–Crippen MR) is 87.3 cm³/mol. The molecule has 1 unspecified atom stereocenters. The number of hydrogen-bond donors (Lipinski definition) is 1. The van der Waals surface area contributed by atoms with E-state index in [-0.39, 0.29) is 5.78 Å². The van der Waals surface area contributed by atoms with Gasteiger partial charge in [0.2, 0.25) is 5.78 Å². The summed E-state index contributed by atoms with van der Waals surface area (Å²) in [6.07, 6.45) is 0.675. The first-order valence-corrected chi connectivity index (χ1v) is 8.52. The van der Waals surface area contributed by atoms with Crippen molar-refractivity contribution in [1.82, 2.24) is 4.57 Å². The molecule has 5 nitrogen and oxygen atoms in total. The van der Waals surface area contributed by atoms with E-state index in [1.165, 1.54) is 11.8 Å². The van der Waals surface area contributed by atoms with E-state index < -0.39 is 12.3 Å². The molecule has 1 aliphatic rings. The van der Waals surface area contributed by atoms with Crippen LogP contribution in [0.3, 0.4) is 0 Å². The SMILES string of the molecule is CSc1cc2n(c1C(=O)c1ccc(C)cc1)CCC2OC(=O)O. The van der Waals surface area contributed by atoms with Crippen molar-refractivity contribution in [2.75, 3.05) is 6.26 Å². The van der Waals surface area contributed by atoms with E-state index in [0.717, 1.165) is 16.2 Å². The number of benzene rings is 1. The van der Waals surface area contributed by atoms with Crippen molar-refractivity contribution in [1.29, 1.82) is 0 Å². The summed E-state index contributed by atoms with van der Waals surface area (Å²) < 4.78 is 6.82. The molecular formula is C17H17NO4S. The zero-order valence-corrected chi connectivity index (χ0v) is 13.7. The van der Waals surface area contributed by atoms with E-state index in [2.05, 4.69) is 0 Å². The van der Waals surface area contributed by atoms with Crippen LogP contribution in [0.2, 0.25) is 0 Å². The van der Waals surface area contributed by atoms with E-state index >= 15 is 0 Å². The first kappa shape index (κ1) is 15.7. The molecule has 0 aliphatic carbocycles. The van der Waals surface area contributed by atoms with Crippen LogP contribution in [0, 0.1) is 6.92 Å². The molecule has 0 saturated heterocycles. The molecule has 120 valence electrons. The minimum atomic E-state index is -1.29. The van der Waals surface area contributed by atoms with Crippen LogP contribution in [0.4, 0.5) is 4.79 Å². The lowest BCUT2D eigenvalue weighted by Gasteiger charge is -2.08. The molecule has 1 N–H and O–H groups in total. The topological polar surface area (TPSA) is 68.5 Å². The van der Waals surface area contributed by atoms with Crippen LogP contribution < -0.4 is 0 Å². The summed E-state index contributed by atoms with van der Waals surface area (Å²) in [4.78, 5) is 24.6. The first-order chi connectivity index (χ1) is 11.0. The van der Waals surface area contributed by atoms with Gasteiger partial charge in [0, 0.05) is 23.4 Å². The standard InChI is InChI=1S/C17H17NO4S/c1-10-3-5-11(6-4-10)16(19)15-14(23-2)9-12-13(22-17(20)21)7-8-18(12)15/h3-6,9,13H,7-8H2,1-2H3,(H,20,21). The van der Waals surface area contributed by atoms with Crippen molar-refractivity contribution in [2.24, 2.45) is 0 Å². The number of thioether (sulfide) groups is 1. The predicted octanol–water partition coefficient (Wildman–Crippen LogP) is 3.89. The Bertz CT molecular complexity index is 764. The van der Waals surface area contributed by atoms with Gasteiger partial charge in [-0.05, 0) is 19.2 Å². The van der Waals surface area contributed by atoms with Crippen LogP contribution in [0.15, 0.2) is 35.2 Å². The van der Waals surface area contributed by atoms with E-state index in [0.29, 0.717) is 24.2 Å². The summed E-state index contributed by atoms with van der Waals surface area (Å²) in [6.45, 7) is 2.56. The minimum Gasteiger partial charge on any atom is -0.450 e. The number of nitrogens with zero attached hydrogens (tertiary/aromatic N) is 1. The van der Waals surface area contributed by atoms with Crippen molar-refractivity contribution in [3.63, 3.8) is 0 Å². The maximum Gasteiger partial charge on any atom is 0.506 e. The Morgan fingerprint density at radius 1 is 1.30 bits per heavy atom. The Morgan fingerprint density at radius 2 is 2.00 bits per heavy atom. The Balaban J connectivity index is 2.01. The summed E-state index contributed by atoms with van der Waals surface area (Å²) in [5.41, 5.74) is 3.11. The van der Waals surface area contributed by atoms with Gasteiger partial charge in [0.1, 0.15) is 11.8 Å². The third-order valence-electron chi connectivity index (χ3n) is 4.03. The van der Waals surface area contributed by atoms with Gasteiger partial charge in [0.25, 0.3) is 0 Å². The van der Waals surface area contributed by atoms with Crippen molar-refractivity contribution in [3.05, 3.63) is 52.8 Å². The van der Waals surface area contributed by atoms with Gasteiger partial charge in [-0.15, -0.1) is 11.8 Å². The minimum absolute atomic E-state index is 0.0448. The second-order valence-electron chi connectivity index (χ2n) is 5.49. The zero-order valence-electron chi connectivity index (χ0n) is 12.9. The van der Waals surface area contributed by atoms with Gasteiger partial charge in [0.15, 0.2) is 0 Å². The molecule has 0 spiro atoms. The monoisotopic (exact) mass is 331 g/mol. The fourth-order valence-corrected chi connectivity index (χ4v) is 3.55. The van der Waals surface area contributed by atoms with Gasteiger partial charge in [-0.25, -0.2) is 4.79 Å². The lowest BCUT2D eigenvalue weighted by molar-refractivity contribution is 0.0518. The lowest BCUT2D eigenvalue weighted by Crippen LogP contribution is -2.10. The highest BCUT2D eigenvalue weighted by molar-refractivity contribution is 7.98. The summed E-state index contributed by atoms with van der Waals surface area (Å²) in [5.74, 6) is -0.0448. The molecule has 1 aromatic carbocycles. The fourth-order valence-electron chi connectivity index (χ4n) is 2.92. The Kier molecular flexibility index (Phi) is 4.17. The molecule has 1 aromatic heterocycles. The molecule has 23 heavy (non-hydrogen) atoms. The second kappa shape index (κ2) is 6.12. The van der Waals surface area contributed by atoms with Crippen LogP contribution in [0.5, 0.6) is 0 Å². The van der Waals surface area contributed by atoms with Crippen molar-refractivity contribution >= 4 is 23.7 Å². The van der Waals surface area contributed by atoms with Crippen LogP contribution in [-0.4, -0.2) is 27.9 Å². The van der Waals surface area contributed by atoms with E-state index in [4.69, 9.17) is 9.84 Å². The number of fused-ring (bicyclic) bond motifs is 1.